The van der Waals surface area contributed by atoms with Crippen molar-refractivity contribution in [1.29, 1.82) is 0 Å². The smallest absolute Gasteiger partial charge is 0.329 e. The highest BCUT2D eigenvalue weighted by atomic mass is 16.5. The number of hydrogen-bond donors (Lipinski definition) is 3. The molecule has 6 nitrogen and oxygen atoms in total. The van der Waals surface area contributed by atoms with Gasteiger partial charge >= 0.3 is 12.0 Å². The first-order valence-corrected chi connectivity index (χ1v) is 5.49. The lowest BCUT2D eigenvalue weighted by Crippen LogP contribution is -2.38. The maximum atomic E-state index is 11.1. The van der Waals surface area contributed by atoms with E-state index in [4.69, 9.17) is 9.84 Å². The van der Waals surface area contributed by atoms with Gasteiger partial charge in [0.1, 0.15) is 6.61 Å². The Morgan fingerprint density at radius 1 is 1.25 bits per heavy atom. The van der Waals surface area contributed by atoms with Crippen molar-refractivity contribution < 1.29 is 19.4 Å². The zero-order valence-corrected chi connectivity index (χ0v) is 9.20. The van der Waals surface area contributed by atoms with Crippen molar-refractivity contribution in [2.45, 2.75) is 19.3 Å². The lowest BCUT2D eigenvalue weighted by atomic mass is 10.3. The second-order valence-corrected chi connectivity index (χ2v) is 3.86. The molecule has 16 heavy (non-hydrogen) atoms. The Morgan fingerprint density at radius 3 is 2.56 bits per heavy atom. The summed E-state index contributed by atoms with van der Waals surface area (Å²) in [6.07, 6.45) is 3.61. The third-order valence-corrected chi connectivity index (χ3v) is 2.29. The van der Waals surface area contributed by atoms with E-state index in [9.17, 15) is 9.59 Å². The molecule has 0 radical (unpaired) electrons. The highest BCUT2D eigenvalue weighted by Gasteiger charge is 2.20. The van der Waals surface area contributed by atoms with Crippen molar-refractivity contribution in [2.24, 2.45) is 5.92 Å². The number of aliphatic carboxylic acids is 1. The first kappa shape index (κ1) is 12.8. The number of ether oxygens (including phenoxy) is 1. The van der Waals surface area contributed by atoms with Gasteiger partial charge in [-0.25, -0.2) is 9.59 Å². The van der Waals surface area contributed by atoms with Crippen LogP contribution in [0.25, 0.3) is 0 Å². The molecule has 1 fully saturated rings. The minimum Gasteiger partial charge on any atom is -0.480 e. The summed E-state index contributed by atoms with van der Waals surface area (Å²) in [7, 11) is 0. The van der Waals surface area contributed by atoms with Crippen LogP contribution >= 0.6 is 0 Å². The van der Waals surface area contributed by atoms with Gasteiger partial charge in [0, 0.05) is 13.1 Å². The molecule has 0 saturated heterocycles. The Hall–Kier alpha value is -1.30. The zero-order valence-electron chi connectivity index (χ0n) is 9.20. The number of rotatable bonds is 8. The Morgan fingerprint density at radius 2 is 1.94 bits per heavy atom. The molecule has 1 saturated carbocycles. The van der Waals surface area contributed by atoms with E-state index in [1.165, 1.54) is 12.8 Å². The summed E-state index contributed by atoms with van der Waals surface area (Å²) in [5.74, 6) is -0.201. The van der Waals surface area contributed by atoms with E-state index in [1.807, 2.05) is 0 Å². The van der Waals surface area contributed by atoms with Crippen LogP contribution in [-0.2, 0) is 9.53 Å². The molecule has 6 heteroatoms. The Bertz CT molecular complexity index is 241. The average molecular weight is 230 g/mol. The minimum atomic E-state index is -1.01. The van der Waals surface area contributed by atoms with Crippen molar-refractivity contribution >= 4 is 12.0 Å². The molecule has 1 aliphatic carbocycles. The van der Waals surface area contributed by atoms with Crippen LogP contribution in [0.5, 0.6) is 0 Å². The minimum absolute atomic E-state index is 0.211. The van der Waals surface area contributed by atoms with Crippen LogP contribution in [0.3, 0.4) is 0 Å². The molecule has 0 aromatic rings. The second kappa shape index (κ2) is 7.05. The third-order valence-electron chi connectivity index (χ3n) is 2.29. The predicted octanol–water partition coefficient (Wildman–Crippen LogP) is 0.187. The van der Waals surface area contributed by atoms with Crippen LogP contribution in [0, 0.1) is 5.92 Å². The van der Waals surface area contributed by atoms with Gasteiger partial charge in [-0.1, -0.05) is 12.8 Å². The molecule has 0 aromatic heterocycles. The summed E-state index contributed by atoms with van der Waals surface area (Å²) in [5, 5.41) is 13.6. The van der Waals surface area contributed by atoms with Gasteiger partial charge in [-0.2, -0.15) is 0 Å². The van der Waals surface area contributed by atoms with Gasteiger partial charge in [0.25, 0.3) is 0 Å². The summed E-state index contributed by atoms with van der Waals surface area (Å²) in [4.78, 5) is 21.2. The lowest BCUT2D eigenvalue weighted by molar-refractivity contribution is -0.142. The van der Waals surface area contributed by atoms with E-state index < -0.39 is 5.97 Å². The van der Waals surface area contributed by atoms with E-state index in [1.54, 1.807) is 0 Å². The highest BCUT2D eigenvalue weighted by Crippen LogP contribution is 2.31. The molecule has 2 amide bonds. The van der Waals surface area contributed by atoms with Gasteiger partial charge in [-0.05, 0) is 12.3 Å². The number of nitrogens with one attached hydrogen (secondary N) is 2. The third kappa shape index (κ3) is 7.05. The van der Waals surface area contributed by atoms with Crippen molar-refractivity contribution in [3.05, 3.63) is 0 Å². The molecular weight excluding hydrogens is 212 g/mol. The van der Waals surface area contributed by atoms with Gasteiger partial charge in [0.15, 0.2) is 0 Å². The van der Waals surface area contributed by atoms with Crippen LogP contribution in [-0.4, -0.2) is 43.4 Å². The van der Waals surface area contributed by atoms with Gasteiger partial charge in [0.2, 0.25) is 0 Å². The number of carboxylic acids is 1. The lowest BCUT2D eigenvalue weighted by Gasteiger charge is -2.06. The van der Waals surface area contributed by atoms with Gasteiger partial charge in [-0.15, -0.1) is 0 Å². The molecule has 3 N–H and O–H groups in total. The fourth-order valence-corrected chi connectivity index (χ4v) is 1.26. The molecule has 0 aromatic carbocycles. The summed E-state index contributed by atoms with van der Waals surface area (Å²) in [5.41, 5.74) is 0. The standard InChI is InChI=1S/C10H18N2O4/c13-9(14)7-16-6-5-12-10(15)11-4-3-8-1-2-8/h8H,1-7H2,(H,13,14)(H2,11,12,15). The van der Waals surface area contributed by atoms with E-state index in [2.05, 4.69) is 10.6 Å². The summed E-state index contributed by atoms with van der Waals surface area (Å²) < 4.78 is 4.76. The fraction of sp³-hybridized carbons (Fsp3) is 0.800. The Kier molecular flexibility index (Phi) is 5.63. The molecule has 0 atom stereocenters. The van der Waals surface area contributed by atoms with E-state index in [-0.39, 0.29) is 19.2 Å². The SMILES string of the molecule is O=C(O)COCCNC(=O)NCCC1CC1. The molecule has 0 aliphatic heterocycles. The number of amides is 2. The largest absolute Gasteiger partial charge is 0.480 e. The molecule has 0 heterocycles. The van der Waals surface area contributed by atoms with Crippen LogP contribution in [0.1, 0.15) is 19.3 Å². The first-order chi connectivity index (χ1) is 7.68. The molecule has 1 rings (SSSR count). The molecular formula is C10H18N2O4. The summed E-state index contributed by atoms with van der Waals surface area (Å²) in [6, 6.07) is -0.223. The van der Waals surface area contributed by atoms with Crippen molar-refractivity contribution in [3.8, 4) is 0 Å². The van der Waals surface area contributed by atoms with Gasteiger partial charge in [-0.3, -0.25) is 0 Å². The molecule has 92 valence electrons. The predicted molar refractivity (Wildman–Crippen MR) is 57.2 cm³/mol. The molecule has 0 bridgehead atoms. The zero-order chi connectivity index (χ0) is 11.8. The number of hydrogen-bond acceptors (Lipinski definition) is 3. The van der Waals surface area contributed by atoms with Gasteiger partial charge < -0.3 is 20.5 Å². The normalized spacial score (nSPS) is 14.5. The number of carbonyl (C=O) groups excluding carboxylic acids is 1. The molecule has 1 aliphatic rings. The van der Waals surface area contributed by atoms with E-state index in [0.29, 0.717) is 13.1 Å². The Labute approximate surface area is 94.3 Å². The first-order valence-electron chi connectivity index (χ1n) is 5.49. The topological polar surface area (TPSA) is 87.7 Å². The van der Waals surface area contributed by atoms with Crippen molar-refractivity contribution in [3.63, 3.8) is 0 Å². The second-order valence-electron chi connectivity index (χ2n) is 3.86. The van der Waals surface area contributed by atoms with Gasteiger partial charge in [0.05, 0.1) is 6.61 Å². The quantitative estimate of drug-likeness (QED) is 0.519. The number of carboxylic acid groups (broad SMARTS) is 1. The molecule has 0 unspecified atom stereocenters. The highest BCUT2D eigenvalue weighted by molar-refractivity contribution is 5.73. The monoisotopic (exact) mass is 230 g/mol. The van der Waals surface area contributed by atoms with Crippen LogP contribution < -0.4 is 10.6 Å². The number of carbonyl (C=O) groups is 2. The maximum absolute atomic E-state index is 11.1. The summed E-state index contributed by atoms with van der Waals surface area (Å²) in [6.45, 7) is 0.905. The maximum Gasteiger partial charge on any atom is 0.329 e. The van der Waals surface area contributed by atoms with E-state index >= 15 is 0 Å². The van der Waals surface area contributed by atoms with Crippen LogP contribution in [0.4, 0.5) is 4.79 Å². The van der Waals surface area contributed by atoms with Crippen LogP contribution in [0.2, 0.25) is 0 Å². The Balaban J connectivity index is 1.83. The van der Waals surface area contributed by atoms with Crippen molar-refractivity contribution in [2.75, 3.05) is 26.3 Å². The average Bonchev–Trinajstić information content (AvgIpc) is 3.00. The summed E-state index contributed by atoms with van der Waals surface area (Å²) >= 11 is 0. The van der Waals surface area contributed by atoms with Crippen molar-refractivity contribution in [1.82, 2.24) is 10.6 Å². The van der Waals surface area contributed by atoms with E-state index in [0.717, 1.165) is 12.3 Å². The fourth-order valence-electron chi connectivity index (χ4n) is 1.26. The van der Waals surface area contributed by atoms with Crippen LogP contribution in [0.15, 0.2) is 0 Å². The molecule has 0 spiro atoms. The number of urea groups is 1.